The van der Waals surface area contributed by atoms with Crippen LogP contribution in [0, 0.1) is 5.92 Å². The molecule has 1 heterocycles. The molecular formula is C17H24BNO3. The van der Waals surface area contributed by atoms with Gasteiger partial charge in [0.05, 0.1) is 11.2 Å². The van der Waals surface area contributed by atoms with E-state index in [1.165, 1.54) is 0 Å². The zero-order valence-corrected chi connectivity index (χ0v) is 13.8. The van der Waals surface area contributed by atoms with Crippen LogP contribution >= 0.6 is 0 Å². The number of hydrogen-bond acceptors (Lipinski definition) is 3. The lowest BCUT2D eigenvalue weighted by molar-refractivity contribution is -0.122. The Morgan fingerprint density at radius 3 is 2.36 bits per heavy atom. The minimum absolute atomic E-state index is 0.123. The van der Waals surface area contributed by atoms with Gasteiger partial charge in [-0.05, 0) is 58.1 Å². The van der Waals surface area contributed by atoms with Gasteiger partial charge < -0.3 is 14.6 Å². The Balaban J connectivity index is 1.73. The van der Waals surface area contributed by atoms with Crippen molar-refractivity contribution in [2.24, 2.45) is 5.92 Å². The smallest absolute Gasteiger partial charge is 0.399 e. The summed E-state index contributed by atoms with van der Waals surface area (Å²) < 4.78 is 12.1. The van der Waals surface area contributed by atoms with Crippen molar-refractivity contribution in [2.75, 3.05) is 5.32 Å². The maximum Gasteiger partial charge on any atom is 0.494 e. The Morgan fingerprint density at radius 2 is 1.82 bits per heavy atom. The number of nitrogens with one attached hydrogen (secondary N) is 1. The lowest BCUT2D eigenvalue weighted by atomic mass is 9.79. The summed E-state index contributed by atoms with van der Waals surface area (Å²) in [5, 5.41) is 3.00. The number of benzene rings is 1. The molecule has 1 amide bonds. The Morgan fingerprint density at radius 1 is 1.18 bits per heavy atom. The summed E-state index contributed by atoms with van der Waals surface area (Å²) in [6.07, 6.45) is 3.16. The number of carbonyl (C=O) groups is 1. The molecule has 1 saturated heterocycles. The average Bonchev–Trinajstić information content (AvgIpc) is 2.56. The fraction of sp³-hybridized carbons (Fsp3) is 0.588. The molecule has 2 aliphatic rings. The maximum atomic E-state index is 12.1. The minimum Gasteiger partial charge on any atom is -0.399 e. The van der Waals surface area contributed by atoms with E-state index in [1.54, 1.807) is 0 Å². The zero-order valence-electron chi connectivity index (χ0n) is 13.8. The first kappa shape index (κ1) is 15.6. The van der Waals surface area contributed by atoms with Gasteiger partial charge >= 0.3 is 7.12 Å². The molecule has 0 spiro atoms. The molecule has 0 atom stereocenters. The highest BCUT2D eigenvalue weighted by Crippen LogP contribution is 2.36. The molecule has 1 N–H and O–H groups in total. The van der Waals surface area contributed by atoms with Crippen molar-refractivity contribution < 1.29 is 14.1 Å². The number of carbonyl (C=O) groups excluding carboxylic acids is 1. The molecule has 0 bridgehead atoms. The number of anilines is 1. The second kappa shape index (κ2) is 5.39. The maximum absolute atomic E-state index is 12.1. The van der Waals surface area contributed by atoms with Gasteiger partial charge in [-0.25, -0.2) is 0 Å². The number of amides is 1. The van der Waals surface area contributed by atoms with Crippen molar-refractivity contribution in [3.63, 3.8) is 0 Å². The molecule has 0 unspecified atom stereocenters. The molecule has 22 heavy (non-hydrogen) atoms. The molecule has 2 fully saturated rings. The van der Waals surface area contributed by atoms with Crippen molar-refractivity contribution in [3.8, 4) is 0 Å². The highest BCUT2D eigenvalue weighted by atomic mass is 16.7. The first-order chi connectivity index (χ1) is 10.3. The van der Waals surface area contributed by atoms with E-state index in [0.717, 1.165) is 30.4 Å². The highest BCUT2D eigenvalue weighted by Gasteiger charge is 2.51. The van der Waals surface area contributed by atoms with E-state index in [-0.39, 0.29) is 23.0 Å². The third kappa shape index (κ3) is 2.80. The van der Waals surface area contributed by atoms with E-state index in [2.05, 4.69) is 5.32 Å². The molecule has 1 aromatic rings. The van der Waals surface area contributed by atoms with Crippen LogP contribution in [0.5, 0.6) is 0 Å². The van der Waals surface area contributed by atoms with E-state index >= 15 is 0 Å². The molecule has 1 saturated carbocycles. The molecule has 3 rings (SSSR count). The first-order valence-electron chi connectivity index (χ1n) is 8.05. The lowest BCUT2D eigenvalue weighted by Crippen LogP contribution is -2.41. The summed E-state index contributed by atoms with van der Waals surface area (Å²) in [7, 11) is -0.398. The van der Waals surface area contributed by atoms with Gasteiger partial charge in [-0.15, -0.1) is 0 Å². The first-order valence-corrected chi connectivity index (χ1v) is 8.05. The Bertz CT molecular complexity index is 565. The van der Waals surface area contributed by atoms with E-state index < -0.39 is 7.12 Å². The highest BCUT2D eigenvalue weighted by molar-refractivity contribution is 6.62. The molecule has 0 radical (unpaired) electrons. The SMILES string of the molecule is CC1(C)OB(c2cccc(NC(=O)C3CCC3)c2)OC1(C)C. The van der Waals surface area contributed by atoms with E-state index in [0.29, 0.717) is 0 Å². The van der Waals surface area contributed by atoms with Crippen molar-refractivity contribution >= 4 is 24.2 Å². The Kier molecular flexibility index (Phi) is 3.81. The molecule has 1 aliphatic heterocycles. The summed E-state index contributed by atoms with van der Waals surface area (Å²) in [4.78, 5) is 12.1. The second-order valence-corrected chi connectivity index (χ2v) is 7.33. The average molecular weight is 301 g/mol. The second-order valence-electron chi connectivity index (χ2n) is 7.33. The van der Waals surface area contributed by atoms with Crippen LogP contribution in [0.25, 0.3) is 0 Å². The predicted molar refractivity (Wildman–Crippen MR) is 88.1 cm³/mol. The summed E-state index contributed by atoms with van der Waals surface area (Å²) >= 11 is 0. The topological polar surface area (TPSA) is 47.6 Å². The fourth-order valence-electron chi connectivity index (χ4n) is 2.66. The van der Waals surface area contributed by atoms with Gasteiger partial charge in [-0.3, -0.25) is 4.79 Å². The summed E-state index contributed by atoms with van der Waals surface area (Å²) in [6.45, 7) is 8.15. The van der Waals surface area contributed by atoms with Gasteiger partial charge in [0.15, 0.2) is 0 Å². The fourth-order valence-corrected chi connectivity index (χ4v) is 2.66. The molecule has 4 nitrogen and oxygen atoms in total. The van der Waals surface area contributed by atoms with E-state index in [1.807, 2.05) is 52.0 Å². The predicted octanol–water partition coefficient (Wildman–Crippen LogP) is 2.72. The monoisotopic (exact) mass is 301 g/mol. The van der Waals surface area contributed by atoms with Crippen LogP contribution in [0.1, 0.15) is 47.0 Å². The van der Waals surface area contributed by atoms with Gasteiger partial charge in [0.2, 0.25) is 5.91 Å². The molecule has 1 aromatic carbocycles. The van der Waals surface area contributed by atoms with Crippen molar-refractivity contribution in [2.45, 2.75) is 58.2 Å². The third-order valence-electron chi connectivity index (χ3n) is 5.16. The van der Waals surface area contributed by atoms with Crippen LogP contribution in [0.2, 0.25) is 0 Å². The van der Waals surface area contributed by atoms with Crippen molar-refractivity contribution in [1.82, 2.24) is 0 Å². The minimum atomic E-state index is -0.398. The molecule has 5 heteroatoms. The van der Waals surface area contributed by atoms with Gasteiger partial charge in [0.1, 0.15) is 0 Å². The van der Waals surface area contributed by atoms with Crippen LogP contribution in [0.15, 0.2) is 24.3 Å². The normalized spacial score (nSPS) is 23.2. The van der Waals surface area contributed by atoms with E-state index in [4.69, 9.17) is 9.31 Å². The third-order valence-corrected chi connectivity index (χ3v) is 5.16. The zero-order chi connectivity index (χ0) is 16.0. The van der Waals surface area contributed by atoms with Crippen LogP contribution in [0.3, 0.4) is 0 Å². The molecule has 1 aliphatic carbocycles. The van der Waals surface area contributed by atoms with Crippen LogP contribution in [-0.4, -0.2) is 24.2 Å². The summed E-state index contributed by atoms with van der Waals surface area (Å²) in [5.74, 6) is 0.304. The van der Waals surface area contributed by atoms with Crippen LogP contribution in [0.4, 0.5) is 5.69 Å². The van der Waals surface area contributed by atoms with Gasteiger partial charge in [0.25, 0.3) is 0 Å². The van der Waals surface area contributed by atoms with Gasteiger partial charge in [0, 0.05) is 11.6 Å². The summed E-state index contributed by atoms with van der Waals surface area (Å²) in [6, 6.07) is 7.75. The van der Waals surface area contributed by atoms with Crippen molar-refractivity contribution in [3.05, 3.63) is 24.3 Å². The summed E-state index contributed by atoms with van der Waals surface area (Å²) in [5.41, 5.74) is 1.03. The molecular weight excluding hydrogens is 277 g/mol. The molecule has 0 aromatic heterocycles. The largest absolute Gasteiger partial charge is 0.494 e. The van der Waals surface area contributed by atoms with Crippen LogP contribution < -0.4 is 10.8 Å². The number of hydrogen-bond donors (Lipinski definition) is 1. The standard InChI is InChI=1S/C17H24BNO3/c1-16(2)17(3,4)22-18(21-16)13-9-6-10-14(11-13)19-15(20)12-7-5-8-12/h6,9-12H,5,7-8H2,1-4H3,(H,19,20). The molecule has 118 valence electrons. The Hall–Kier alpha value is -1.33. The Labute approximate surface area is 132 Å². The number of rotatable bonds is 3. The lowest BCUT2D eigenvalue weighted by Gasteiger charge is -2.32. The van der Waals surface area contributed by atoms with Gasteiger partial charge in [-0.2, -0.15) is 0 Å². The van der Waals surface area contributed by atoms with Crippen LogP contribution in [-0.2, 0) is 14.1 Å². The quantitative estimate of drug-likeness (QED) is 0.873. The van der Waals surface area contributed by atoms with E-state index in [9.17, 15) is 4.79 Å². The van der Waals surface area contributed by atoms with Crippen molar-refractivity contribution in [1.29, 1.82) is 0 Å². The van der Waals surface area contributed by atoms with Gasteiger partial charge in [-0.1, -0.05) is 18.6 Å².